The van der Waals surface area contributed by atoms with Crippen LogP contribution in [-0.4, -0.2) is 60.2 Å². The van der Waals surface area contributed by atoms with Crippen molar-refractivity contribution in [3.63, 3.8) is 0 Å². The molecule has 0 spiro atoms. The lowest BCUT2D eigenvalue weighted by Crippen LogP contribution is -2.61. The molecule has 1 aliphatic rings. The van der Waals surface area contributed by atoms with Crippen LogP contribution in [0.15, 0.2) is 91.0 Å². The van der Waals surface area contributed by atoms with Crippen LogP contribution in [0.5, 0.6) is 0 Å². The van der Waals surface area contributed by atoms with E-state index in [0.29, 0.717) is 5.75 Å². The average molecular weight is 539 g/mol. The summed E-state index contributed by atoms with van der Waals surface area (Å²) in [7, 11) is 0. The maximum atomic E-state index is 15.5. The van der Waals surface area contributed by atoms with E-state index in [1.807, 2.05) is 6.92 Å². The predicted octanol–water partition coefficient (Wildman–Crippen LogP) is 5.11. The summed E-state index contributed by atoms with van der Waals surface area (Å²) >= 11 is 1.44. The molecule has 3 aromatic rings. The van der Waals surface area contributed by atoms with Crippen LogP contribution >= 0.6 is 11.8 Å². The number of carbonyl (C=O) groups is 3. The number of esters is 3. The molecule has 0 saturated carbocycles. The summed E-state index contributed by atoms with van der Waals surface area (Å²) < 4.78 is 38.1. The van der Waals surface area contributed by atoms with Crippen LogP contribution in [0.1, 0.15) is 38.0 Å². The predicted molar refractivity (Wildman–Crippen MR) is 140 cm³/mol. The van der Waals surface area contributed by atoms with E-state index in [4.69, 9.17) is 18.9 Å². The first-order valence-corrected chi connectivity index (χ1v) is 13.3. The first-order valence-electron chi connectivity index (χ1n) is 12.1. The van der Waals surface area contributed by atoms with Crippen molar-refractivity contribution >= 4 is 29.7 Å². The number of benzene rings is 3. The van der Waals surface area contributed by atoms with Gasteiger partial charge in [-0.2, -0.15) is 11.8 Å². The van der Waals surface area contributed by atoms with Gasteiger partial charge in [0.2, 0.25) is 6.36 Å². The minimum atomic E-state index is -2.13. The monoisotopic (exact) mass is 538 g/mol. The Morgan fingerprint density at radius 2 is 1.08 bits per heavy atom. The number of rotatable bonds is 9. The van der Waals surface area contributed by atoms with E-state index in [-0.39, 0.29) is 22.4 Å². The van der Waals surface area contributed by atoms with Gasteiger partial charge in [-0.1, -0.05) is 61.5 Å². The fraction of sp³-hybridized carbons (Fsp3) is 0.276. The maximum absolute atomic E-state index is 15.5. The van der Waals surface area contributed by atoms with Crippen LogP contribution in [0.3, 0.4) is 0 Å². The molecule has 1 saturated heterocycles. The fourth-order valence-electron chi connectivity index (χ4n) is 3.93. The van der Waals surface area contributed by atoms with E-state index in [0.717, 1.165) is 0 Å². The first kappa shape index (κ1) is 27.3. The molecule has 198 valence electrons. The van der Waals surface area contributed by atoms with E-state index >= 15 is 4.39 Å². The van der Waals surface area contributed by atoms with Crippen molar-refractivity contribution in [2.75, 3.05) is 11.5 Å². The highest BCUT2D eigenvalue weighted by molar-refractivity contribution is 7.99. The molecule has 4 rings (SSSR count). The molecule has 0 unspecified atom stereocenters. The highest BCUT2D eigenvalue weighted by atomic mass is 32.2. The van der Waals surface area contributed by atoms with Crippen molar-refractivity contribution in [1.29, 1.82) is 0 Å². The molecular formula is C29H27FO7S. The number of carbonyl (C=O) groups excluding carboxylic acids is 3. The average Bonchev–Trinajstić information content (AvgIpc) is 2.96. The van der Waals surface area contributed by atoms with Crippen molar-refractivity contribution in [3.05, 3.63) is 108 Å². The number of hydrogen-bond acceptors (Lipinski definition) is 8. The van der Waals surface area contributed by atoms with Gasteiger partial charge in [0.05, 0.1) is 16.7 Å². The number of alkyl halides is 1. The first-order chi connectivity index (χ1) is 18.5. The van der Waals surface area contributed by atoms with E-state index < -0.39 is 48.7 Å². The molecule has 5 atom stereocenters. The number of hydrogen-bond donors (Lipinski definition) is 0. The fourth-order valence-corrected chi connectivity index (χ4v) is 4.67. The quantitative estimate of drug-likeness (QED) is 0.274. The Morgan fingerprint density at radius 1 is 0.684 bits per heavy atom. The van der Waals surface area contributed by atoms with Crippen LogP contribution < -0.4 is 0 Å². The van der Waals surface area contributed by atoms with Crippen molar-refractivity contribution < 1.29 is 37.7 Å². The number of halogens is 1. The highest BCUT2D eigenvalue weighted by Gasteiger charge is 2.53. The molecule has 38 heavy (non-hydrogen) atoms. The van der Waals surface area contributed by atoms with Crippen LogP contribution in [-0.2, 0) is 18.9 Å². The molecule has 1 aliphatic heterocycles. The molecule has 0 bridgehead atoms. The highest BCUT2D eigenvalue weighted by Crippen LogP contribution is 2.32. The minimum absolute atomic E-state index is 0.175. The zero-order valence-electron chi connectivity index (χ0n) is 20.6. The van der Waals surface area contributed by atoms with Gasteiger partial charge in [-0.25, -0.2) is 18.8 Å². The summed E-state index contributed by atoms with van der Waals surface area (Å²) in [4.78, 5) is 39.0. The third kappa shape index (κ3) is 6.79. The second-order valence-corrected chi connectivity index (χ2v) is 9.71. The second-order valence-electron chi connectivity index (χ2n) is 8.39. The lowest BCUT2D eigenvalue weighted by Gasteiger charge is -2.42. The van der Waals surface area contributed by atoms with Crippen LogP contribution in [0, 0.1) is 0 Å². The summed E-state index contributed by atoms with van der Waals surface area (Å²) in [6.45, 7) is 1.92. The standard InChI is InChI=1S/C29H27FO7S/c1-2-38-18-22-23(35-27(31)19-12-6-3-7-13-19)24(36-28(32)20-14-8-4-9-15-20)25(26(30)34-22)37-29(33)21-16-10-5-11-17-21/h3-17,22-26H,2,18H2,1H3/t22-,23-,24+,25-,26-/m1/s1. The van der Waals surface area contributed by atoms with E-state index in [9.17, 15) is 14.4 Å². The van der Waals surface area contributed by atoms with Gasteiger partial charge in [-0.3, -0.25) is 0 Å². The van der Waals surface area contributed by atoms with Crippen LogP contribution in [0.4, 0.5) is 4.39 Å². The van der Waals surface area contributed by atoms with Crippen molar-refractivity contribution in [2.45, 2.75) is 37.7 Å². The Labute approximate surface area is 224 Å². The van der Waals surface area contributed by atoms with Crippen molar-refractivity contribution in [1.82, 2.24) is 0 Å². The molecule has 0 aliphatic carbocycles. The molecule has 0 amide bonds. The topological polar surface area (TPSA) is 88.1 Å². The van der Waals surface area contributed by atoms with Gasteiger partial charge in [-0.05, 0) is 42.2 Å². The summed E-state index contributed by atoms with van der Waals surface area (Å²) in [6, 6.07) is 24.4. The van der Waals surface area contributed by atoms with Gasteiger partial charge < -0.3 is 18.9 Å². The SMILES string of the molecule is CCSC[C@H]1O[C@@H](F)[C@H](OC(=O)c2ccccc2)[C@@H](OC(=O)c2ccccc2)[C@@H]1OC(=O)c1ccccc1. The van der Waals surface area contributed by atoms with Gasteiger partial charge in [0, 0.05) is 5.75 Å². The summed E-state index contributed by atoms with van der Waals surface area (Å²) in [5.41, 5.74) is 0.632. The third-order valence-electron chi connectivity index (χ3n) is 5.82. The Balaban J connectivity index is 1.68. The van der Waals surface area contributed by atoms with Crippen molar-refractivity contribution in [3.8, 4) is 0 Å². The van der Waals surface area contributed by atoms with E-state index in [2.05, 4.69) is 0 Å². The normalized spacial score (nSPS) is 22.7. The third-order valence-corrected chi connectivity index (χ3v) is 6.79. The summed E-state index contributed by atoms with van der Waals surface area (Å²) in [5, 5.41) is 0. The Morgan fingerprint density at radius 3 is 1.50 bits per heavy atom. The molecule has 7 nitrogen and oxygen atoms in total. The summed E-state index contributed by atoms with van der Waals surface area (Å²) in [6.07, 6.45) is -7.52. The molecule has 1 heterocycles. The van der Waals surface area contributed by atoms with Gasteiger partial charge in [-0.15, -0.1) is 0 Å². The molecule has 9 heteroatoms. The molecule has 1 fully saturated rings. The van der Waals surface area contributed by atoms with Crippen LogP contribution in [0.2, 0.25) is 0 Å². The lowest BCUT2D eigenvalue weighted by atomic mass is 9.98. The largest absolute Gasteiger partial charge is 0.452 e. The molecule has 0 aromatic heterocycles. The molecular weight excluding hydrogens is 511 g/mol. The number of thioether (sulfide) groups is 1. The Kier molecular flexibility index (Phi) is 9.51. The van der Waals surface area contributed by atoms with E-state index in [1.165, 1.54) is 36.0 Å². The summed E-state index contributed by atoms with van der Waals surface area (Å²) in [5.74, 6) is -1.39. The van der Waals surface area contributed by atoms with Gasteiger partial charge in [0.1, 0.15) is 6.10 Å². The zero-order chi connectivity index (χ0) is 26.9. The number of ether oxygens (including phenoxy) is 4. The van der Waals surface area contributed by atoms with Crippen molar-refractivity contribution in [2.24, 2.45) is 0 Å². The molecule has 3 aromatic carbocycles. The zero-order valence-corrected chi connectivity index (χ0v) is 21.4. The lowest BCUT2D eigenvalue weighted by molar-refractivity contribution is -0.250. The second kappa shape index (κ2) is 13.2. The molecule has 0 N–H and O–H groups in total. The Bertz CT molecular complexity index is 1210. The maximum Gasteiger partial charge on any atom is 0.338 e. The van der Waals surface area contributed by atoms with Gasteiger partial charge in [0.15, 0.2) is 18.3 Å². The molecule has 0 radical (unpaired) electrons. The van der Waals surface area contributed by atoms with Gasteiger partial charge >= 0.3 is 17.9 Å². The Hall–Kier alpha value is -3.69. The van der Waals surface area contributed by atoms with E-state index in [1.54, 1.807) is 66.7 Å². The van der Waals surface area contributed by atoms with Gasteiger partial charge in [0.25, 0.3) is 0 Å². The van der Waals surface area contributed by atoms with Crippen LogP contribution in [0.25, 0.3) is 0 Å². The smallest absolute Gasteiger partial charge is 0.338 e. The minimum Gasteiger partial charge on any atom is -0.452 e.